The molecular formula is C6H12ClNO3. The highest BCUT2D eigenvalue weighted by molar-refractivity contribution is 5.85. The number of nitrogens with one attached hydrogen (secondary N) is 1. The van der Waals surface area contributed by atoms with Crippen LogP contribution < -0.4 is 5.32 Å². The first kappa shape index (κ1) is 10.7. The summed E-state index contributed by atoms with van der Waals surface area (Å²) in [5, 5.41) is 20.2. The van der Waals surface area contributed by atoms with E-state index in [1.54, 1.807) is 0 Å². The Hall–Kier alpha value is -0.320. The molecule has 11 heavy (non-hydrogen) atoms. The monoisotopic (exact) mass is 181 g/mol. The molecule has 0 amide bonds. The van der Waals surface area contributed by atoms with E-state index in [0.717, 1.165) is 0 Å². The first-order valence-corrected chi connectivity index (χ1v) is 3.31. The highest BCUT2D eigenvalue weighted by atomic mass is 35.5. The van der Waals surface area contributed by atoms with Crippen LogP contribution in [0.25, 0.3) is 0 Å². The SMILES string of the molecule is Cl.O=C(O)C[C@H]1C[C@H](O)CN1. The van der Waals surface area contributed by atoms with Crippen molar-refractivity contribution in [3.63, 3.8) is 0 Å². The Morgan fingerprint density at radius 2 is 2.27 bits per heavy atom. The lowest BCUT2D eigenvalue weighted by atomic mass is 10.1. The fourth-order valence-electron chi connectivity index (χ4n) is 1.16. The number of hydrogen-bond donors (Lipinski definition) is 3. The van der Waals surface area contributed by atoms with Gasteiger partial charge in [0.1, 0.15) is 0 Å². The Morgan fingerprint density at radius 1 is 1.64 bits per heavy atom. The summed E-state index contributed by atoms with van der Waals surface area (Å²) in [6.07, 6.45) is 0.313. The number of β-amino-alcohol motifs (C(OH)–C–C–N with tert-alkyl or cyclic N) is 1. The second kappa shape index (κ2) is 4.54. The molecule has 0 radical (unpaired) electrons. The zero-order chi connectivity index (χ0) is 7.56. The number of rotatable bonds is 2. The number of hydrogen-bond acceptors (Lipinski definition) is 3. The molecule has 1 heterocycles. The first-order chi connectivity index (χ1) is 4.68. The maximum atomic E-state index is 10.1. The third-order valence-corrected chi connectivity index (χ3v) is 1.62. The fraction of sp³-hybridized carbons (Fsp3) is 0.833. The Labute approximate surface area is 71.0 Å². The van der Waals surface area contributed by atoms with Crippen molar-refractivity contribution >= 4 is 18.4 Å². The molecule has 0 spiro atoms. The highest BCUT2D eigenvalue weighted by Gasteiger charge is 2.23. The summed E-state index contributed by atoms with van der Waals surface area (Å²) in [5.74, 6) is -0.813. The van der Waals surface area contributed by atoms with Crippen LogP contribution in [0, 0.1) is 0 Å². The maximum Gasteiger partial charge on any atom is 0.304 e. The summed E-state index contributed by atoms with van der Waals surface area (Å²) in [4.78, 5) is 10.1. The topological polar surface area (TPSA) is 69.6 Å². The molecule has 66 valence electrons. The van der Waals surface area contributed by atoms with Gasteiger partial charge in [0, 0.05) is 12.6 Å². The summed E-state index contributed by atoms with van der Waals surface area (Å²) >= 11 is 0. The summed E-state index contributed by atoms with van der Waals surface area (Å²) in [7, 11) is 0. The van der Waals surface area contributed by atoms with Gasteiger partial charge in [0.2, 0.25) is 0 Å². The smallest absolute Gasteiger partial charge is 0.304 e. The minimum Gasteiger partial charge on any atom is -0.481 e. The minimum absolute atomic E-state index is 0. The van der Waals surface area contributed by atoms with Crippen molar-refractivity contribution in [3.8, 4) is 0 Å². The number of aliphatic hydroxyl groups excluding tert-OH is 1. The van der Waals surface area contributed by atoms with Crippen LogP contribution in [0.1, 0.15) is 12.8 Å². The lowest BCUT2D eigenvalue weighted by Gasteiger charge is -2.03. The van der Waals surface area contributed by atoms with E-state index in [-0.39, 0.29) is 31.0 Å². The normalized spacial score (nSPS) is 29.5. The summed E-state index contributed by atoms with van der Waals surface area (Å²) in [6.45, 7) is 0.526. The molecular weight excluding hydrogens is 170 g/mol. The zero-order valence-electron chi connectivity index (χ0n) is 5.99. The number of halogens is 1. The van der Waals surface area contributed by atoms with Crippen molar-refractivity contribution < 1.29 is 15.0 Å². The predicted octanol–water partition coefficient (Wildman–Crippen LogP) is -0.394. The van der Waals surface area contributed by atoms with E-state index < -0.39 is 5.97 Å². The van der Waals surface area contributed by atoms with Gasteiger partial charge in [-0.2, -0.15) is 0 Å². The third kappa shape index (κ3) is 3.55. The van der Waals surface area contributed by atoms with E-state index in [1.165, 1.54) is 0 Å². The van der Waals surface area contributed by atoms with Crippen molar-refractivity contribution in [1.29, 1.82) is 0 Å². The standard InChI is InChI=1S/C6H11NO3.ClH/c8-5-1-4(7-3-5)2-6(9)10;/h4-5,7-8H,1-3H2,(H,9,10);1H/t4-,5+;/m1./s1. The van der Waals surface area contributed by atoms with Gasteiger partial charge in [0.15, 0.2) is 0 Å². The van der Waals surface area contributed by atoms with Crippen molar-refractivity contribution in [3.05, 3.63) is 0 Å². The third-order valence-electron chi connectivity index (χ3n) is 1.62. The molecule has 1 aliphatic rings. The molecule has 1 rings (SSSR count). The van der Waals surface area contributed by atoms with Crippen molar-refractivity contribution in [2.45, 2.75) is 25.0 Å². The van der Waals surface area contributed by atoms with E-state index in [4.69, 9.17) is 10.2 Å². The van der Waals surface area contributed by atoms with Gasteiger partial charge in [-0.05, 0) is 6.42 Å². The molecule has 5 heteroatoms. The van der Waals surface area contributed by atoms with Gasteiger partial charge >= 0.3 is 5.97 Å². The van der Waals surface area contributed by atoms with Gasteiger partial charge in [-0.15, -0.1) is 12.4 Å². The van der Waals surface area contributed by atoms with Gasteiger partial charge < -0.3 is 15.5 Å². The summed E-state index contributed by atoms with van der Waals surface area (Å²) in [5.41, 5.74) is 0. The van der Waals surface area contributed by atoms with Crippen LogP contribution in [0.5, 0.6) is 0 Å². The molecule has 0 unspecified atom stereocenters. The largest absolute Gasteiger partial charge is 0.481 e. The Morgan fingerprint density at radius 3 is 2.64 bits per heavy atom. The van der Waals surface area contributed by atoms with E-state index in [2.05, 4.69) is 5.32 Å². The van der Waals surface area contributed by atoms with Gasteiger partial charge in [-0.1, -0.05) is 0 Å². The molecule has 0 aliphatic carbocycles. The quantitative estimate of drug-likeness (QED) is 0.543. The molecule has 4 nitrogen and oxygen atoms in total. The Balaban J connectivity index is 0.000001000. The molecule has 2 atom stereocenters. The Kier molecular flexibility index (Phi) is 4.40. The zero-order valence-corrected chi connectivity index (χ0v) is 6.80. The van der Waals surface area contributed by atoms with Gasteiger partial charge in [-0.3, -0.25) is 4.79 Å². The average molecular weight is 182 g/mol. The van der Waals surface area contributed by atoms with Crippen molar-refractivity contribution in [2.75, 3.05) is 6.54 Å². The van der Waals surface area contributed by atoms with Crippen LogP contribution in [0.2, 0.25) is 0 Å². The van der Waals surface area contributed by atoms with Crippen molar-refractivity contribution in [2.24, 2.45) is 0 Å². The Bertz CT molecular complexity index is 142. The molecule has 3 N–H and O–H groups in total. The molecule has 1 saturated heterocycles. The lowest BCUT2D eigenvalue weighted by molar-refractivity contribution is -0.137. The molecule has 0 aromatic rings. The second-order valence-electron chi connectivity index (χ2n) is 2.59. The number of aliphatic hydroxyl groups is 1. The van der Waals surface area contributed by atoms with Crippen molar-refractivity contribution in [1.82, 2.24) is 5.32 Å². The van der Waals surface area contributed by atoms with Crippen LogP contribution in [0.3, 0.4) is 0 Å². The van der Waals surface area contributed by atoms with E-state index >= 15 is 0 Å². The molecule has 1 fully saturated rings. The lowest BCUT2D eigenvalue weighted by Crippen LogP contribution is -2.24. The maximum absolute atomic E-state index is 10.1. The number of carbonyl (C=O) groups is 1. The van der Waals surface area contributed by atoms with Crippen LogP contribution >= 0.6 is 12.4 Å². The number of carboxylic acids is 1. The predicted molar refractivity (Wildman–Crippen MR) is 41.9 cm³/mol. The van der Waals surface area contributed by atoms with E-state index in [9.17, 15) is 4.79 Å². The van der Waals surface area contributed by atoms with E-state index in [1.807, 2.05) is 0 Å². The van der Waals surface area contributed by atoms with Crippen LogP contribution in [-0.4, -0.2) is 34.9 Å². The summed E-state index contributed by atoms with van der Waals surface area (Å²) < 4.78 is 0. The second-order valence-corrected chi connectivity index (χ2v) is 2.59. The van der Waals surface area contributed by atoms with Gasteiger partial charge in [-0.25, -0.2) is 0 Å². The minimum atomic E-state index is -0.813. The van der Waals surface area contributed by atoms with Crippen LogP contribution in [0.15, 0.2) is 0 Å². The highest BCUT2D eigenvalue weighted by Crippen LogP contribution is 2.08. The molecule has 0 saturated carbocycles. The number of aliphatic carboxylic acids is 1. The fourth-order valence-corrected chi connectivity index (χ4v) is 1.16. The average Bonchev–Trinajstić information content (AvgIpc) is 2.13. The molecule has 0 aromatic carbocycles. The first-order valence-electron chi connectivity index (χ1n) is 3.31. The molecule has 0 aromatic heterocycles. The number of carboxylic acid groups (broad SMARTS) is 1. The molecule has 1 aliphatic heterocycles. The molecule has 0 bridgehead atoms. The van der Waals surface area contributed by atoms with Crippen LogP contribution in [0.4, 0.5) is 0 Å². The van der Waals surface area contributed by atoms with Gasteiger partial charge in [0.25, 0.3) is 0 Å². The summed E-state index contributed by atoms with van der Waals surface area (Å²) in [6, 6.07) is -0.0347. The van der Waals surface area contributed by atoms with Crippen LogP contribution in [-0.2, 0) is 4.79 Å². The van der Waals surface area contributed by atoms with Gasteiger partial charge in [0.05, 0.1) is 12.5 Å². The van der Waals surface area contributed by atoms with E-state index in [0.29, 0.717) is 13.0 Å².